The molecule has 2 bridgehead atoms. The Morgan fingerprint density at radius 1 is 0.857 bits per heavy atom. The molecule has 0 spiro atoms. The molecule has 1 aliphatic carbocycles. The summed E-state index contributed by atoms with van der Waals surface area (Å²) in [7, 11) is 2.96. The Balaban J connectivity index is 1.49. The van der Waals surface area contributed by atoms with E-state index in [2.05, 4.69) is 0 Å². The molecule has 1 amide bonds. The summed E-state index contributed by atoms with van der Waals surface area (Å²) in [4.78, 5) is 73.6. The maximum atomic E-state index is 14.5. The molecule has 3 aliphatic heterocycles. The average molecular weight is 992 g/mol. The predicted octanol–water partition coefficient (Wildman–Crippen LogP) is 8.33. The summed E-state index contributed by atoms with van der Waals surface area (Å²) in [6, 6.07) is 8.81. The van der Waals surface area contributed by atoms with Gasteiger partial charge in [-0.2, -0.15) is 0 Å². The van der Waals surface area contributed by atoms with Crippen molar-refractivity contribution in [3.8, 4) is 0 Å². The van der Waals surface area contributed by atoms with Crippen LogP contribution < -0.4 is 0 Å². The number of aliphatic hydroxyl groups is 3. The highest BCUT2D eigenvalue weighted by atomic mass is 32.2. The van der Waals surface area contributed by atoms with Gasteiger partial charge in [0.1, 0.15) is 30.1 Å². The number of hydrogen-bond acceptors (Lipinski definition) is 13. The summed E-state index contributed by atoms with van der Waals surface area (Å²) in [5.41, 5.74) is 1.42. The van der Waals surface area contributed by atoms with E-state index >= 15 is 0 Å². The average Bonchev–Trinajstić information content (AvgIpc) is 3.34. The van der Waals surface area contributed by atoms with Crippen LogP contribution in [0.1, 0.15) is 126 Å². The Morgan fingerprint density at radius 2 is 1.59 bits per heavy atom. The van der Waals surface area contributed by atoms with Crippen LogP contribution in [0.3, 0.4) is 0 Å². The summed E-state index contributed by atoms with van der Waals surface area (Å²) >= 11 is 1.65. The first kappa shape index (κ1) is 57.1. The number of nitrogens with zero attached hydrogens (tertiary/aromatic N) is 1. The van der Waals surface area contributed by atoms with Crippen LogP contribution in [0.25, 0.3) is 0 Å². The highest BCUT2D eigenvalue weighted by molar-refractivity contribution is 8.00. The minimum Gasteiger partial charge on any atom is -0.460 e. The topological polar surface area (TPSA) is 186 Å². The number of carbonyl (C=O) groups excluding carboxylic acids is 5. The number of carbonyl (C=O) groups is 5. The van der Waals surface area contributed by atoms with Crippen LogP contribution in [0.5, 0.6) is 0 Å². The molecule has 388 valence electrons. The molecule has 13 nitrogen and oxygen atoms in total. The number of aliphatic hydroxyl groups excluding tert-OH is 2. The number of benzene rings is 1. The van der Waals surface area contributed by atoms with E-state index in [0.29, 0.717) is 63.4 Å². The van der Waals surface area contributed by atoms with Crippen molar-refractivity contribution in [2.24, 2.45) is 35.5 Å². The zero-order valence-electron chi connectivity index (χ0n) is 43.0. The third-order valence-electron chi connectivity index (χ3n) is 15.2. The van der Waals surface area contributed by atoms with Gasteiger partial charge in [0.2, 0.25) is 5.79 Å². The van der Waals surface area contributed by atoms with E-state index in [4.69, 9.17) is 18.9 Å². The summed E-state index contributed by atoms with van der Waals surface area (Å²) in [5, 5.41) is 34.1. The molecule has 3 heterocycles. The largest absolute Gasteiger partial charge is 0.460 e. The van der Waals surface area contributed by atoms with Crippen molar-refractivity contribution >= 4 is 41.0 Å². The van der Waals surface area contributed by atoms with Crippen LogP contribution >= 0.6 is 11.8 Å². The Kier molecular flexibility index (Phi) is 21.9. The molecule has 0 radical (unpaired) electrons. The van der Waals surface area contributed by atoms with E-state index in [1.807, 2.05) is 88.4 Å². The number of thioether (sulfide) groups is 1. The van der Waals surface area contributed by atoms with Crippen molar-refractivity contribution < 1.29 is 58.2 Å². The molecule has 14 heteroatoms. The molecular weight excluding hydrogens is 911 g/mol. The lowest BCUT2D eigenvalue weighted by molar-refractivity contribution is -0.263. The quantitative estimate of drug-likeness (QED) is 0.135. The Morgan fingerprint density at radius 3 is 2.29 bits per heavy atom. The minimum absolute atomic E-state index is 0.0190. The van der Waals surface area contributed by atoms with Crippen LogP contribution in [0.2, 0.25) is 0 Å². The van der Waals surface area contributed by atoms with Gasteiger partial charge in [0.25, 0.3) is 11.7 Å². The molecule has 2 saturated heterocycles. The van der Waals surface area contributed by atoms with E-state index in [1.54, 1.807) is 45.7 Å². The molecule has 15 atom stereocenters. The number of piperidine rings is 1. The van der Waals surface area contributed by atoms with Gasteiger partial charge in [-0.25, -0.2) is 4.79 Å². The van der Waals surface area contributed by atoms with Gasteiger partial charge in [-0.1, -0.05) is 94.8 Å². The van der Waals surface area contributed by atoms with Gasteiger partial charge in [-0.05, 0) is 120 Å². The zero-order valence-corrected chi connectivity index (χ0v) is 43.8. The monoisotopic (exact) mass is 992 g/mol. The number of cyclic esters (lactones) is 1. The van der Waals surface area contributed by atoms with E-state index in [1.165, 1.54) is 12.0 Å². The summed E-state index contributed by atoms with van der Waals surface area (Å²) in [6.07, 6.45) is 12.2. The highest BCUT2D eigenvalue weighted by Gasteiger charge is 2.53. The lowest BCUT2D eigenvalue weighted by atomic mass is 9.78. The molecule has 0 aromatic heterocycles. The maximum Gasteiger partial charge on any atom is 0.329 e. The van der Waals surface area contributed by atoms with Gasteiger partial charge in [0.05, 0.1) is 18.3 Å². The van der Waals surface area contributed by atoms with Crippen molar-refractivity contribution in [1.82, 2.24) is 4.90 Å². The van der Waals surface area contributed by atoms with Crippen LogP contribution in [0, 0.1) is 35.5 Å². The number of amides is 1. The molecule has 3 fully saturated rings. The molecule has 3 N–H and O–H groups in total. The summed E-state index contributed by atoms with van der Waals surface area (Å²) in [6.45, 7) is 12.9. The normalized spacial score (nSPS) is 38.3. The number of allylic oxidation sites excluding steroid dienone is 6. The molecule has 0 unspecified atom stereocenters. The fourth-order valence-corrected chi connectivity index (χ4v) is 11.9. The third-order valence-corrected chi connectivity index (χ3v) is 16.6. The number of rotatable bonds is 7. The Hall–Kier alpha value is -3.76. The fraction of sp³-hybridized carbons (Fsp3) is 0.661. The second kappa shape index (κ2) is 26.8. The third kappa shape index (κ3) is 15.1. The molecule has 4 aliphatic rings. The number of Topliss-reactive ketones (excluding diaryl/α,β-unsaturated/α-hetero) is 3. The molecule has 1 aromatic rings. The van der Waals surface area contributed by atoms with Crippen molar-refractivity contribution in [3.63, 3.8) is 0 Å². The van der Waals surface area contributed by atoms with Crippen molar-refractivity contribution in [3.05, 3.63) is 77.9 Å². The molecule has 5 rings (SSSR count). The van der Waals surface area contributed by atoms with E-state index < -0.39 is 77.8 Å². The van der Waals surface area contributed by atoms with Gasteiger partial charge >= 0.3 is 5.97 Å². The first-order valence-electron chi connectivity index (χ1n) is 25.6. The van der Waals surface area contributed by atoms with Gasteiger partial charge in [-0.3, -0.25) is 19.2 Å². The lowest BCUT2D eigenvalue weighted by Crippen LogP contribution is -2.60. The first-order valence-corrected chi connectivity index (χ1v) is 26.5. The smallest absolute Gasteiger partial charge is 0.329 e. The van der Waals surface area contributed by atoms with E-state index in [9.17, 15) is 39.3 Å². The van der Waals surface area contributed by atoms with Crippen molar-refractivity contribution in [2.45, 2.75) is 184 Å². The molecule has 1 aromatic carbocycles. The number of ether oxygens (including phenoxy) is 4. The Labute approximate surface area is 420 Å². The van der Waals surface area contributed by atoms with Gasteiger partial charge in [0, 0.05) is 55.1 Å². The lowest BCUT2D eigenvalue weighted by Gasteiger charge is -2.43. The number of fused-ring (bicyclic) bond motifs is 3. The predicted molar refractivity (Wildman–Crippen MR) is 270 cm³/mol. The van der Waals surface area contributed by atoms with Gasteiger partial charge < -0.3 is 39.2 Å². The zero-order chi connectivity index (χ0) is 51.3. The van der Waals surface area contributed by atoms with Gasteiger partial charge in [-0.15, -0.1) is 11.8 Å². The molecular formula is C56H81NO12S. The first-order chi connectivity index (χ1) is 33.3. The molecule has 70 heavy (non-hydrogen) atoms. The standard InChI is InChI=1S/C56H81NO12S/c1-34-18-12-10-13-19-35(2)49(70-43-20-14-11-15-21-43)32-42-25-23-40(7)56(65,69-42)53(62)54(63)57-27-17-16-22-44(57)55(64)68-47(37(4)30-41-24-26-45(58)48(31-41)66-8)33-46(59)36(3)29-39(6)51(61)52(67-9)50(60)38(5)28-34/h10-15,18-21,29,34,36-38,40-42,44-45,47-49,51-52,58,61,65H,16-17,22-28,30-33H2,1-9H3/b13-10+,18-12+,35-19+,39-29+/t34-,36-,37-,38-,40-,41+,42+,44+,45-,47+,48-,49+,51-,52+,56-/m1/s1. The number of ketones is 3. The van der Waals surface area contributed by atoms with Gasteiger partial charge in [0.15, 0.2) is 5.78 Å². The van der Waals surface area contributed by atoms with Crippen molar-refractivity contribution in [2.75, 3.05) is 20.8 Å². The second-order valence-corrected chi connectivity index (χ2v) is 22.1. The van der Waals surface area contributed by atoms with E-state index in [0.717, 1.165) is 16.9 Å². The Bertz CT molecular complexity index is 2050. The summed E-state index contributed by atoms with van der Waals surface area (Å²) in [5.74, 6) is -7.91. The molecule has 1 saturated carbocycles. The van der Waals surface area contributed by atoms with Crippen LogP contribution in [-0.2, 0) is 42.9 Å². The van der Waals surface area contributed by atoms with Crippen LogP contribution in [0.4, 0.5) is 0 Å². The SMILES string of the molecule is CO[C@@H]1C[C@H](C[C@@H](C)[C@@H]2CC(=O)[C@H](C)/C=C(\C)[C@@H](O)[C@@H](OC)C(=O)[C@H](C)C[C@H](C)/C=C/C=C/C=C(\C)[C@@H](Sc3ccccc3)C[C@@H]3CC[C@@H](C)[C@@](O)(O3)C(=O)C(=O)N3CCCC[C@H]3C(=O)O2)CC[C@H]1O. The fourth-order valence-electron chi connectivity index (χ4n) is 10.6. The summed E-state index contributed by atoms with van der Waals surface area (Å²) < 4.78 is 23.9. The number of esters is 1. The second-order valence-electron chi connectivity index (χ2n) is 20.8. The van der Waals surface area contributed by atoms with Crippen LogP contribution in [0.15, 0.2) is 82.8 Å². The minimum atomic E-state index is -2.42. The van der Waals surface area contributed by atoms with Crippen LogP contribution in [-0.4, -0.2) is 124 Å². The number of methoxy groups -OCH3 is 2. The maximum absolute atomic E-state index is 14.5. The van der Waals surface area contributed by atoms with Crippen molar-refractivity contribution in [1.29, 1.82) is 0 Å². The van der Waals surface area contributed by atoms with E-state index in [-0.39, 0.29) is 60.1 Å². The highest BCUT2D eigenvalue weighted by Crippen LogP contribution is 2.40. The number of hydrogen-bond donors (Lipinski definition) is 3.